The molecule has 0 bridgehead atoms. The minimum absolute atomic E-state index is 0. The smallest absolute Gasteiger partial charge is 0.412 e. The van der Waals surface area contributed by atoms with Gasteiger partial charge in [-0.05, 0) is 0 Å². The van der Waals surface area contributed by atoms with Crippen LogP contribution >= 0.6 is 0 Å². The summed E-state index contributed by atoms with van der Waals surface area (Å²) in [6, 6.07) is 0. The largest absolute Gasteiger partial charge is 0.631 e. The monoisotopic (exact) mass is 146 g/mol. The standard InChI is InChI=1S/BH3O3.H4N2.H2O2.H2O/c2-1(3)4;2*1-2;/h2-4H;1-2H2;1-2H;1H2. The molecule has 11 N–H and O–H groups in total. The Bertz CT molecular complexity index is 15.8. The normalized spacial score (nSPS) is 4.33. The maximum Gasteiger partial charge on any atom is 0.631 e. The van der Waals surface area contributed by atoms with Gasteiger partial charge >= 0.3 is 7.32 Å². The zero-order valence-corrected chi connectivity index (χ0v) is 4.47. The van der Waals surface area contributed by atoms with Crippen molar-refractivity contribution in [2.24, 2.45) is 11.7 Å². The van der Waals surface area contributed by atoms with Crippen molar-refractivity contribution in [1.82, 2.24) is 0 Å². The van der Waals surface area contributed by atoms with Crippen LogP contribution in [-0.4, -0.2) is 38.4 Å². The number of hydrogen-bond donors (Lipinski definition) is 7. The zero-order valence-electron chi connectivity index (χ0n) is 4.47. The average Bonchev–Trinajstić information content (AvgIpc) is 1.75. The summed E-state index contributed by atoms with van der Waals surface area (Å²) in [6.45, 7) is 0. The first kappa shape index (κ1) is 23.3. The van der Waals surface area contributed by atoms with Gasteiger partial charge in [0.1, 0.15) is 0 Å². The summed E-state index contributed by atoms with van der Waals surface area (Å²) >= 11 is 0. The summed E-state index contributed by atoms with van der Waals surface area (Å²) in [4.78, 5) is 0. The van der Waals surface area contributed by atoms with Crippen LogP contribution in [0.1, 0.15) is 0 Å². The third-order valence-corrected chi connectivity index (χ3v) is 0. The summed E-state index contributed by atoms with van der Waals surface area (Å²) < 4.78 is 0. The van der Waals surface area contributed by atoms with Gasteiger partial charge in [-0.3, -0.25) is 22.2 Å². The maximum atomic E-state index is 7.17. The lowest BCUT2D eigenvalue weighted by Gasteiger charge is -1.69. The van der Waals surface area contributed by atoms with E-state index < -0.39 is 7.32 Å². The molecule has 9 heteroatoms. The first-order chi connectivity index (χ1) is 3.73. The third kappa shape index (κ3) is 3930. The first-order valence-electron chi connectivity index (χ1n) is 1.31. The third-order valence-electron chi connectivity index (χ3n) is 0. The molecule has 0 aliphatic rings. The number of rotatable bonds is 0. The van der Waals surface area contributed by atoms with Crippen molar-refractivity contribution in [3.8, 4) is 0 Å². The minimum Gasteiger partial charge on any atom is -0.412 e. The van der Waals surface area contributed by atoms with Crippen LogP contribution in [0, 0.1) is 0 Å². The molecule has 0 aromatic rings. The number of hydrazine groups is 1. The van der Waals surface area contributed by atoms with Crippen LogP contribution in [0.3, 0.4) is 0 Å². The highest BCUT2D eigenvalue weighted by atomic mass is 17.0. The number of nitrogens with two attached hydrogens (primary N) is 2. The summed E-state index contributed by atoms with van der Waals surface area (Å²) in [5.41, 5.74) is 0. The second kappa shape index (κ2) is 46.8. The molecule has 0 fully saturated rings. The highest BCUT2D eigenvalue weighted by Gasteiger charge is 1.92. The van der Waals surface area contributed by atoms with E-state index >= 15 is 0 Å². The van der Waals surface area contributed by atoms with E-state index in [1.165, 1.54) is 0 Å². The topological polar surface area (TPSA) is 185 Å². The molecular weight excluding hydrogens is 135 g/mol. The van der Waals surface area contributed by atoms with Crippen LogP contribution in [0.4, 0.5) is 0 Å². The van der Waals surface area contributed by atoms with E-state index in [1.807, 2.05) is 0 Å². The highest BCUT2D eigenvalue weighted by molar-refractivity contribution is 6.30. The van der Waals surface area contributed by atoms with Gasteiger partial charge in [-0.25, -0.2) is 0 Å². The van der Waals surface area contributed by atoms with Gasteiger partial charge in [0, 0.05) is 0 Å². The van der Waals surface area contributed by atoms with Gasteiger partial charge in [0.15, 0.2) is 0 Å². The van der Waals surface area contributed by atoms with Crippen molar-refractivity contribution in [1.29, 1.82) is 0 Å². The maximum absolute atomic E-state index is 7.17. The van der Waals surface area contributed by atoms with Crippen molar-refractivity contribution in [2.75, 3.05) is 0 Å². The summed E-state index contributed by atoms with van der Waals surface area (Å²) in [7, 11) is -2.17. The fourth-order valence-electron chi connectivity index (χ4n) is 0. The lowest BCUT2D eigenvalue weighted by atomic mass is 10.3. The van der Waals surface area contributed by atoms with Gasteiger partial charge < -0.3 is 20.5 Å². The van der Waals surface area contributed by atoms with Crippen molar-refractivity contribution in [2.45, 2.75) is 0 Å². The average molecular weight is 146 g/mol. The molecule has 0 amide bonds. The van der Waals surface area contributed by atoms with Crippen LogP contribution < -0.4 is 11.7 Å². The van der Waals surface area contributed by atoms with E-state index in [0.29, 0.717) is 0 Å². The summed E-state index contributed by atoms with van der Waals surface area (Å²) in [5.74, 6) is 8.00. The Kier molecular flexibility index (Phi) is 121. The Morgan fingerprint density at radius 3 is 0.889 bits per heavy atom. The minimum atomic E-state index is -2.17. The quantitative estimate of drug-likeness (QED) is 0.0783. The highest BCUT2D eigenvalue weighted by Crippen LogP contribution is 1.40. The van der Waals surface area contributed by atoms with Crippen molar-refractivity contribution < 1.29 is 31.1 Å². The molecule has 60 valence electrons. The predicted octanol–water partition coefficient (Wildman–Crippen LogP) is -4.04. The molecule has 8 nitrogen and oxygen atoms in total. The van der Waals surface area contributed by atoms with Crippen molar-refractivity contribution >= 4 is 7.32 Å². The summed E-state index contributed by atoms with van der Waals surface area (Å²) in [6.07, 6.45) is 0. The molecule has 0 aliphatic carbocycles. The Hall–Kier alpha value is -0.255. The molecule has 0 atom stereocenters. The molecule has 0 rings (SSSR count). The van der Waals surface area contributed by atoms with Crippen LogP contribution in [0.5, 0.6) is 0 Å². The molecule has 0 saturated heterocycles. The molecule has 0 heterocycles. The molecule has 0 unspecified atom stereocenters. The molecule has 0 aliphatic heterocycles. The van der Waals surface area contributed by atoms with Crippen molar-refractivity contribution in [3.05, 3.63) is 0 Å². The van der Waals surface area contributed by atoms with Gasteiger partial charge in [-0.2, -0.15) is 0 Å². The predicted molar refractivity (Wildman–Crippen MR) is 29.7 cm³/mol. The van der Waals surface area contributed by atoms with E-state index in [0.717, 1.165) is 0 Å². The van der Waals surface area contributed by atoms with E-state index in [2.05, 4.69) is 11.7 Å². The lowest BCUT2D eigenvalue weighted by molar-refractivity contribution is -0.176. The van der Waals surface area contributed by atoms with Crippen LogP contribution in [-0.2, 0) is 0 Å². The second-order valence-corrected chi connectivity index (χ2v) is 0.346. The second-order valence-electron chi connectivity index (χ2n) is 0.346. The fourth-order valence-corrected chi connectivity index (χ4v) is 0. The van der Waals surface area contributed by atoms with E-state index in [-0.39, 0.29) is 5.48 Å². The fraction of sp³-hybridized carbons (Fsp3) is 0. The Morgan fingerprint density at radius 2 is 0.889 bits per heavy atom. The molecule has 0 spiro atoms. The Morgan fingerprint density at radius 1 is 0.889 bits per heavy atom. The molecular formula is H11BN2O6. The van der Waals surface area contributed by atoms with Gasteiger partial charge in [0.2, 0.25) is 0 Å². The molecule has 0 radical (unpaired) electrons. The van der Waals surface area contributed by atoms with Crippen LogP contribution in [0.2, 0.25) is 0 Å². The number of hydrogen-bond acceptors (Lipinski definition) is 7. The molecule has 0 saturated carbocycles. The zero-order chi connectivity index (χ0) is 7.58. The molecule has 9 heavy (non-hydrogen) atoms. The molecule has 0 aromatic carbocycles. The van der Waals surface area contributed by atoms with E-state index in [9.17, 15) is 0 Å². The van der Waals surface area contributed by atoms with Gasteiger partial charge in [0.05, 0.1) is 0 Å². The Labute approximate surface area is 51.3 Å². The van der Waals surface area contributed by atoms with Crippen LogP contribution in [0.15, 0.2) is 0 Å². The van der Waals surface area contributed by atoms with E-state index in [1.54, 1.807) is 0 Å². The van der Waals surface area contributed by atoms with Crippen LogP contribution in [0.25, 0.3) is 0 Å². The van der Waals surface area contributed by atoms with Gasteiger partial charge in [-0.15, -0.1) is 0 Å². The molecule has 0 aromatic heterocycles. The Balaban J connectivity index is -0.0000000221. The van der Waals surface area contributed by atoms with Crippen molar-refractivity contribution in [3.63, 3.8) is 0 Å². The SMILES string of the molecule is NN.O.OB(O)O.OO. The van der Waals surface area contributed by atoms with E-state index in [4.69, 9.17) is 25.6 Å². The lowest BCUT2D eigenvalue weighted by Crippen LogP contribution is -2.07. The summed E-state index contributed by atoms with van der Waals surface area (Å²) in [5, 5.41) is 33.5. The first-order valence-corrected chi connectivity index (χ1v) is 1.31. The van der Waals surface area contributed by atoms with Gasteiger partial charge in [-0.1, -0.05) is 0 Å². The van der Waals surface area contributed by atoms with Gasteiger partial charge in [0.25, 0.3) is 0 Å².